The Balaban J connectivity index is 1.84. The van der Waals surface area contributed by atoms with Crippen LogP contribution >= 0.6 is 0 Å². The summed E-state index contributed by atoms with van der Waals surface area (Å²) in [7, 11) is 4.71. The second kappa shape index (κ2) is 8.06. The van der Waals surface area contributed by atoms with E-state index in [9.17, 15) is 0 Å². The lowest BCUT2D eigenvalue weighted by Crippen LogP contribution is -2.02. The number of hydrogen-bond donors (Lipinski definition) is 2. The van der Waals surface area contributed by atoms with Gasteiger partial charge in [0, 0.05) is 29.7 Å². The molecule has 0 bridgehead atoms. The molecule has 0 aliphatic rings. The third kappa shape index (κ3) is 3.94. The quantitative estimate of drug-likeness (QED) is 0.666. The van der Waals surface area contributed by atoms with Crippen molar-refractivity contribution in [3.63, 3.8) is 0 Å². The minimum Gasteiger partial charge on any atom is -0.493 e. The summed E-state index contributed by atoms with van der Waals surface area (Å²) >= 11 is 0. The van der Waals surface area contributed by atoms with Gasteiger partial charge < -0.3 is 24.8 Å². The van der Waals surface area contributed by atoms with E-state index in [1.807, 2.05) is 30.3 Å². The average Bonchev–Trinajstić information content (AvgIpc) is 2.68. The van der Waals surface area contributed by atoms with E-state index in [0.717, 1.165) is 11.4 Å². The molecule has 0 aliphatic carbocycles. The second-order valence-electron chi connectivity index (χ2n) is 5.30. The molecule has 0 aliphatic heterocycles. The van der Waals surface area contributed by atoms with E-state index in [0.29, 0.717) is 29.0 Å². The predicted molar refractivity (Wildman–Crippen MR) is 101 cm³/mol. The van der Waals surface area contributed by atoms with Gasteiger partial charge in [-0.05, 0) is 18.2 Å². The molecule has 0 spiro atoms. The summed E-state index contributed by atoms with van der Waals surface area (Å²) in [6, 6.07) is 15.2. The zero-order chi connectivity index (χ0) is 18.4. The Morgan fingerprint density at radius 2 is 1.46 bits per heavy atom. The lowest BCUT2D eigenvalue weighted by atomic mass is 10.2. The topological polar surface area (TPSA) is 77.5 Å². The van der Waals surface area contributed by atoms with Crippen LogP contribution in [0.2, 0.25) is 0 Å². The van der Waals surface area contributed by atoms with Crippen LogP contribution in [-0.4, -0.2) is 31.3 Å². The Hall–Kier alpha value is -3.48. The molecule has 134 valence electrons. The molecule has 0 fully saturated rings. The SMILES string of the molecule is COc1cc(Nc2nccc(Nc3ccccc3)n2)cc(OC)c1OC. The molecule has 1 heterocycles. The lowest BCUT2D eigenvalue weighted by Gasteiger charge is -2.14. The molecule has 0 amide bonds. The smallest absolute Gasteiger partial charge is 0.229 e. The second-order valence-corrected chi connectivity index (χ2v) is 5.30. The zero-order valence-corrected chi connectivity index (χ0v) is 14.8. The Morgan fingerprint density at radius 3 is 2.08 bits per heavy atom. The van der Waals surface area contributed by atoms with E-state index in [1.165, 1.54) is 0 Å². The molecular weight excluding hydrogens is 332 g/mol. The van der Waals surface area contributed by atoms with Crippen molar-refractivity contribution in [2.45, 2.75) is 0 Å². The molecule has 3 rings (SSSR count). The van der Waals surface area contributed by atoms with E-state index >= 15 is 0 Å². The van der Waals surface area contributed by atoms with E-state index in [2.05, 4.69) is 20.6 Å². The van der Waals surface area contributed by atoms with Crippen LogP contribution in [0.1, 0.15) is 0 Å². The van der Waals surface area contributed by atoms with Crippen molar-refractivity contribution in [3.8, 4) is 17.2 Å². The highest BCUT2D eigenvalue weighted by molar-refractivity contribution is 5.66. The molecule has 7 nitrogen and oxygen atoms in total. The van der Waals surface area contributed by atoms with Crippen molar-refractivity contribution in [2.75, 3.05) is 32.0 Å². The molecule has 2 N–H and O–H groups in total. The molecule has 0 saturated carbocycles. The number of nitrogens with one attached hydrogen (secondary N) is 2. The first-order valence-corrected chi connectivity index (χ1v) is 7.95. The molecule has 7 heteroatoms. The van der Waals surface area contributed by atoms with Gasteiger partial charge in [0.2, 0.25) is 11.7 Å². The maximum atomic E-state index is 5.36. The molecule has 0 atom stereocenters. The van der Waals surface area contributed by atoms with Gasteiger partial charge in [0.05, 0.1) is 21.3 Å². The summed E-state index contributed by atoms with van der Waals surface area (Å²) in [6.07, 6.45) is 1.68. The standard InChI is InChI=1S/C19H20N4O3/c1-24-15-11-14(12-16(25-2)18(15)26-3)22-19-20-10-9-17(23-19)21-13-7-5-4-6-8-13/h4-12H,1-3H3,(H2,20,21,22,23). The van der Waals surface area contributed by atoms with Gasteiger partial charge in [-0.2, -0.15) is 4.98 Å². The van der Waals surface area contributed by atoms with Crippen LogP contribution in [0.25, 0.3) is 0 Å². The molecular formula is C19H20N4O3. The first-order valence-electron chi connectivity index (χ1n) is 7.95. The first kappa shape index (κ1) is 17.3. The van der Waals surface area contributed by atoms with Crippen LogP contribution in [0.15, 0.2) is 54.7 Å². The van der Waals surface area contributed by atoms with E-state index in [-0.39, 0.29) is 0 Å². The molecule has 3 aromatic rings. The molecule has 0 unspecified atom stereocenters. The number of nitrogens with zero attached hydrogens (tertiary/aromatic N) is 2. The Bertz CT molecular complexity index is 847. The molecule has 2 aromatic carbocycles. The number of aromatic nitrogens is 2. The summed E-state index contributed by atoms with van der Waals surface area (Å²) in [5.74, 6) is 2.75. The number of methoxy groups -OCH3 is 3. The van der Waals surface area contributed by atoms with Gasteiger partial charge in [0.15, 0.2) is 11.5 Å². The normalized spacial score (nSPS) is 10.1. The van der Waals surface area contributed by atoms with E-state index < -0.39 is 0 Å². The summed E-state index contributed by atoms with van der Waals surface area (Å²) in [5.41, 5.74) is 1.67. The van der Waals surface area contributed by atoms with Crippen molar-refractivity contribution >= 4 is 23.1 Å². The number of para-hydroxylation sites is 1. The van der Waals surface area contributed by atoms with Crippen molar-refractivity contribution in [1.82, 2.24) is 9.97 Å². The van der Waals surface area contributed by atoms with E-state index in [4.69, 9.17) is 14.2 Å². The number of rotatable bonds is 7. The number of benzene rings is 2. The van der Waals surface area contributed by atoms with Gasteiger partial charge in [-0.25, -0.2) is 4.98 Å². The highest BCUT2D eigenvalue weighted by atomic mass is 16.5. The van der Waals surface area contributed by atoms with Crippen LogP contribution in [0.5, 0.6) is 17.2 Å². The van der Waals surface area contributed by atoms with Gasteiger partial charge in [-0.15, -0.1) is 0 Å². The fraction of sp³-hybridized carbons (Fsp3) is 0.158. The summed E-state index contributed by atoms with van der Waals surface area (Å²) in [4.78, 5) is 8.73. The minimum absolute atomic E-state index is 0.445. The maximum Gasteiger partial charge on any atom is 0.229 e. The van der Waals surface area contributed by atoms with Crippen LogP contribution < -0.4 is 24.8 Å². The number of anilines is 4. The fourth-order valence-corrected chi connectivity index (χ4v) is 2.44. The third-order valence-electron chi connectivity index (χ3n) is 3.62. The van der Waals surface area contributed by atoms with Crippen LogP contribution in [0.3, 0.4) is 0 Å². The van der Waals surface area contributed by atoms with Gasteiger partial charge in [0.25, 0.3) is 0 Å². The predicted octanol–water partition coefficient (Wildman–Crippen LogP) is 3.99. The number of ether oxygens (including phenoxy) is 3. The Morgan fingerprint density at radius 1 is 0.769 bits per heavy atom. The Kier molecular flexibility index (Phi) is 5.38. The van der Waals surface area contributed by atoms with Gasteiger partial charge in [0.1, 0.15) is 5.82 Å². The van der Waals surface area contributed by atoms with Crippen molar-refractivity contribution in [1.29, 1.82) is 0 Å². The van der Waals surface area contributed by atoms with Crippen LogP contribution in [-0.2, 0) is 0 Å². The highest BCUT2D eigenvalue weighted by Crippen LogP contribution is 2.40. The third-order valence-corrected chi connectivity index (χ3v) is 3.62. The largest absolute Gasteiger partial charge is 0.493 e. The van der Waals surface area contributed by atoms with Crippen molar-refractivity contribution < 1.29 is 14.2 Å². The first-order chi connectivity index (χ1) is 12.7. The number of hydrogen-bond acceptors (Lipinski definition) is 7. The Labute approximate surface area is 152 Å². The summed E-state index contributed by atoms with van der Waals surface area (Å²) in [5, 5.41) is 6.39. The van der Waals surface area contributed by atoms with E-state index in [1.54, 1.807) is 45.7 Å². The molecule has 0 saturated heterocycles. The molecule has 26 heavy (non-hydrogen) atoms. The zero-order valence-electron chi connectivity index (χ0n) is 14.8. The van der Waals surface area contributed by atoms with Gasteiger partial charge in [-0.1, -0.05) is 18.2 Å². The minimum atomic E-state index is 0.445. The lowest BCUT2D eigenvalue weighted by molar-refractivity contribution is 0.324. The highest BCUT2D eigenvalue weighted by Gasteiger charge is 2.13. The van der Waals surface area contributed by atoms with Crippen molar-refractivity contribution in [3.05, 3.63) is 54.7 Å². The fourth-order valence-electron chi connectivity index (χ4n) is 2.44. The summed E-state index contributed by atoms with van der Waals surface area (Å²) < 4.78 is 16.1. The van der Waals surface area contributed by atoms with Gasteiger partial charge >= 0.3 is 0 Å². The van der Waals surface area contributed by atoms with Crippen LogP contribution in [0, 0.1) is 0 Å². The van der Waals surface area contributed by atoms with Crippen LogP contribution in [0.4, 0.5) is 23.1 Å². The molecule has 1 aromatic heterocycles. The monoisotopic (exact) mass is 352 g/mol. The maximum absolute atomic E-state index is 5.36. The van der Waals surface area contributed by atoms with Crippen molar-refractivity contribution in [2.24, 2.45) is 0 Å². The average molecular weight is 352 g/mol. The molecule has 0 radical (unpaired) electrons. The summed E-state index contributed by atoms with van der Waals surface area (Å²) in [6.45, 7) is 0. The van der Waals surface area contributed by atoms with Gasteiger partial charge in [-0.3, -0.25) is 0 Å².